The summed E-state index contributed by atoms with van der Waals surface area (Å²) >= 11 is 0. The van der Waals surface area contributed by atoms with Crippen LogP contribution in [0.3, 0.4) is 0 Å². The van der Waals surface area contributed by atoms with Gasteiger partial charge in [-0.25, -0.2) is 18.8 Å². The van der Waals surface area contributed by atoms with Crippen LogP contribution in [-0.4, -0.2) is 105 Å². The van der Waals surface area contributed by atoms with Crippen LogP contribution in [0.5, 0.6) is 0 Å². The van der Waals surface area contributed by atoms with E-state index in [-0.39, 0.29) is 35.3 Å². The zero-order valence-electron chi connectivity index (χ0n) is 33.8. The Morgan fingerprint density at radius 3 is 2.12 bits per heavy atom. The van der Waals surface area contributed by atoms with Gasteiger partial charge in [-0.15, -0.1) is 0 Å². The molecule has 0 unspecified atom stereocenters. The predicted octanol–water partition coefficient (Wildman–Crippen LogP) is 4.24. The Morgan fingerprint density at radius 1 is 0.966 bits per heavy atom. The van der Waals surface area contributed by atoms with E-state index >= 15 is 4.39 Å². The molecule has 0 aromatic heterocycles. The van der Waals surface area contributed by atoms with E-state index in [1.807, 2.05) is 0 Å². The molecule has 0 spiro atoms. The zero-order valence-corrected chi connectivity index (χ0v) is 33.8. The smallest absolute Gasteiger partial charge is 0.408 e. The van der Waals surface area contributed by atoms with E-state index in [0.29, 0.717) is 0 Å². The van der Waals surface area contributed by atoms with Crippen LogP contribution in [0.4, 0.5) is 9.18 Å². The van der Waals surface area contributed by atoms with Crippen LogP contribution in [0, 0.1) is 16.7 Å². The first-order chi connectivity index (χ1) is 27.0. The second kappa shape index (κ2) is 15.2. The molecule has 1 saturated heterocycles. The summed E-state index contributed by atoms with van der Waals surface area (Å²) in [7, 11) is 0. The molecule has 4 N–H and O–H groups in total. The van der Waals surface area contributed by atoms with Crippen molar-refractivity contribution in [1.82, 2.24) is 5.32 Å². The van der Waals surface area contributed by atoms with Gasteiger partial charge in [0.25, 0.3) is 0 Å². The molecule has 15 heteroatoms. The number of ether oxygens (including phenoxy) is 5. The van der Waals surface area contributed by atoms with Crippen LogP contribution in [0.2, 0.25) is 0 Å². The van der Waals surface area contributed by atoms with Crippen LogP contribution in [0.1, 0.15) is 90.2 Å². The Bertz CT molecular complexity index is 1980. The summed E-state index contributed by atoms with van der Waals surface area (Å²) in [6.07, 6.45) is -12.3. The molecule has 314 valence electrons. The number of fused-ring (bicyclic) bond motifs is 5. The molecule has 1 aliphatic heterocycles. The van der Waals surface area contributed by atoms with Crippen molar-refractivity contribution in [2.24, 2.45) is 16.7 Å². The number of amides is 1. The van der Waals surface area contributed by atoms with Crippen molar-refractivity contribution in [3.63, 3.8) is 0 Å². The lowest BCUT2D eigenvalue weighted by atomic mass is 9.44. The van der Waals surface area contributed by atoms with Crippen LogP contribution in [0.25, 0.3) is 0 Å². The summed E-state index contributed by atoms with van der Waals surface area (Å²) in [4.78, 5) is 68.7. The molecule has 6 rings (SSSR count). The van der Waals surface area contributed by atoms with Gasteiger partial charge in [0, 0.05) is 25.2 Å². The number of aliphatic hydroxyl groups excluding tert-OH is 2. The SMILES string of the molecule is CC(=O)O[C@@]12CO[C@@H]1C[C@H](O)[C@@]1(C)C(=O)[C@H](O)C3=C(C)[C@@H](OC(=O)[C@@H](F)[C@H](NC(=O)OC(C)(C)C)c4ccccc4)C[C@@](O)([C@@H](OC(=O)c4ccccc4)[C@H]21)C3(C)C. The molecule has 58 heavy (non-hydrogen) atoms. The van der Waals surface area contributed by atoms with Crippen molar-refractivity contribution in [2.45, 2.75) is 128 Å². The Balaban J connectivity index is 1.49. The fraction of sp³-hybridized carbons (Fsp3) is 0.558. The first kappa shape index (κ1) is 42.9. The van der Waals surface area contributed by atoms with Gasteiger partial charge in [0.15, 0.2) is 11.4 Å². The zero-order chi connectivity index (χ0) is 42.7. The third-order valence-electron chi connectivity index (χ3n) is 12.5. The Labute approximate surface area is 336 Å². The molecule has 1 amide bonds. The van der Waals surface area contributed by atoms with Gasteiger partial charge in [-0.2, -0.15) is 0 Å². The predicted molar refractivity (Wildman–Crippen MR) is 202 cm³/mol. The maximum atomic E-state index is 16.6. The van der Waals surface area contributed by atoms with Crippen LogP contribution in [0.15, 0.2) is 71.8 Å². The van der Waals surface area contributed by atoms with Crippen LogP contribution < -0.4 is 5.32 Å². The molecular weight excluding hydrogens is 757 g/mol. The summed E-state index contributed by atoms with van der Waals surface area (Å²) < 4.78 is 45.9. The number of esters is 3. The van der Waals surface area contributed by atoms with Gasteiger partial charge < -0.3 is 44.3 Å². The van der Waals surface area contributed by atoms with Gasteiger partial charge in [-0.1, -0.05) is 62.4 Å². The lowest BCUT2D eigenvalue weighted by Gasteiger charge is -2.67. The number of nitrogens with one attached hydrogen (secondary N) is 1. The minimum absolute atomic E-state index is 0.0637. The third kappa shape index (κ3) is 7.09. The number of alkyl halides is 1. The molecule has 0 radical (unpaired) electrons. The number of rotatable bonds is 8. The van der Waals surface area contributed by atoms with Gasteiger partial charge in [0.2, 0.25) is 6.17 Å². The average molecular weight is 810 g/mol. The number of benzene rings is 2. The topological polar surface area (TPSA) is 204 Å². The molecule has 4 aliphatic rings. The molecule has 1 heterocycles. The highest BCUT2D eigenvalue weighted by Gasteiger charge is 2.78. The van der Waals surface area contributed by atoms with E-state index in [0.717, 1.165) is 6.92 Å². The number of Topliss-reactive ketones (excluding diaryl/α,β-unsaturated/α-hetero) is 1. The minimum Gasteiger partial charge on any atom is -0.456 e. The Hall–Kier alpha value is -4.70. The van der Waals surface area contributed by atoms with Crippen molar-refractivity contribution in [3.05, 3.63) is 82.9 Å². The number of carbonyl (C=O) groups is 5. The molecule has 3 fully saturated rings. The summed E-state index contributed by atoms with van der Waals surface area (Å²) in [5.74, 6) is -5.67. The maximum Gasteiger partial charge on any atom is 0.408 e. The minimum atomic E-state index is -2.54. The van der Waals surface area contributed by atoms with Crippen molar-refractivity contribution in [2.75, 3.05) is 6.61 Å². The lowest BCUT2D eigenvalue weighted by molar-refractivity contribution is -0.346. The average Bonchev–Trinajstić information content (AvgIpc) is 3.14. The second-order valence-corrected chi connectivity index (χ2v) is 17.5. The number of alkyl carbamates (subject to hydrolysis) is 1. The Kier molecular flexibility index (Phi) is 11.2. The largest absolute Gasteiger partial charge is 0.456 e. The number of ketones is 1. The van der Waals surface area contributed by atoms with Crippen LogP contribution in [-0.2, 0) is 38.1 Å². The van der Waals surface area contributed by atoms with Crippen LogP contribution >= 0.6 is 0 Å². The molecule has 2 bridgehead atoms. The highest BCUT2D eigenvalue weighted by molar-refractivity contribution is 5.94. The highest BCUT2D eigenvalue weighted by Crippen LogP contribution is 2.64. The van der Waals surface area contributed by atoms with Gasteiger partial charge in [-0.05, 0) is 63.5 Å². The molecule has 2 saturated carbocycles. The van der Waals surface area contributed by atoms with E-state index in [1.165, 1.54) is 52.0 Å². The first-order valence-electron chi connectivity index (χ1n) is 19.3. The van der Waals surface area contributed by atoms with E-state index in [4.69, 9.17) is 23.7 Å². The summed E-state index contributed by atoms with van der Waals surface area (Å²) in [6, 6.07) is 14.0. The quantitative estimate of drug-likeness (QED) is 0.168. The molecule has 14 nitrogen and oxygen atoms in total. The normalized spacial score (nSPS) is 33.7. The second-order valence-electron chi connectivity index (χ2n) is 17.5. The molecule has 2 aromatic carbocycles. The number of aliphatic hydroxyl groups is 3. The highest BCUT2D eigenvalue weighted by atomic mass is 19.1. The third-order valence-corrected chi connectivity index (χ3v) is 12.5. The van der Waals surface area contributed by atoms with E-state index in [1.54, 1.807) is 57.2 Å². The van der Waals surface area contributed by atoms with Gasteiger partial charge in [0.1, 0.15) is 35.6 Å². The maximum absolute atomic E-state index is 16.6. The number of carbonyl (C=O) groups excluding carboxylic acids is 5. The number of hydrogen-bond acceptors (Lipinski definition) is 13. The standard InChI is InChI=1S/C43H52FNO13/c1-22-26(55-37(51)30(44)31(24-15-11-9-12-16-24)45-38(52)58-39(3,4)5)20-43(53)35(56-36(50)25-17-13-10-14-18-25)33-41(8,34(49)32(48)29(22)40(43,6)7)27(47)19-28-42(33,21-54-28)57-23(2)46/h9-18,26-28,30-33,35,47-48,53H,19-21H2,1-8H3,(H,45,52)/t26-,27-,28+,30-,31+,32+,33-,35-,41+,42-,43+/m0/s1. The van der Waals surface area contributed by atoms with Crippen molar-refractivity contribution in [3.8, 4) is 0 Å². The van der Waals surface area contributed by atoms with Crippen molar-refractivity contribution < 1.29 is 67.4 Å². The molecule has 11 atom stereocenters. The van der Waals surface area contributed by atoms with E-state index < -0.39 is 112 Å². The molecular formula is C43H52FNO13. The first-order valence-corrected chi connectivity index (χ1v) is 19.3. The monoisotopic (exact) mass is 809 g/mol. The lowest BCUT2D eigenvalue weighted by Crippen LogP contribution is -2.81. The van der Waals surface area contributed by atoms with E-state index in [2.05, 4.69) is 5.32 Å². The molecule has 2 aromatic rings. The Morgan fingerprint density at radius 2 is 1.57 bits per heavy atom. The summed E-state index contributed by atoms with van der Waals surface area (Å²) in [5, 5.41) is 39.8. The summed E-state index contributed by atoms with van der Waals surface area (Å²) in [5.41, 5.74) is -8.53. The van der Waals surface area contributed by atoms with Crippen molar-refractivity contribution in [1.29, 1.82) is 0 Å². The molecule has 3 aliphatic carbocycles. The fourth-order valence-corrected chi connectivity index (χ4v) is 9.54. The van der Waals surface area contributed by atoms with Gasteiger partial charge >= 0.3 is 24.0 Å². The fourth-order valence-electron chi connectivity index (χ4n) is 9.54. The van der Waals surface area contributed by atoms with E-state index in [9.17, 15) is 39.3 Å². The number of halogens is 1. The van der Waals surface area contributed by atoms with Crippen molar-refractivity contribution >= 4 is 29.8 Å². The number of hydrogen-bond donors (Lipinski definition) is 4. The summed E-state index contributed by atoms with van der Waals surface area (Å²) in [6.45, 7) is 11.6. The van der Waals surface area contributed by atoms with Gasteiger partial charge in [0.05, 0.1) is 35.6 Å². The van der Waals surface area contributed by atoms with Gasteiger partial charge in [-0.3, -0.25) is 9.59 Å².